The van der Waals surface area contributed by atoms with E-state index in [-0.39, 0.29) is 6.04 Å². The highest BCUT2D eigenvalue weighted by molar-refractivity contribution is 7.80. The first kappa shape index (κ1) is 20.2. The summed E-state index contributed by atoms with van der Waals surface area (Å²) in [7, 11) is 1.32. The van der Waals surface area contributed by atoms with E-state index in [1.54, 1.807) is 18.2 Å². The third-order valence-electron chi connectivity index (χ3n) is 4.14. The zero-order chi connectivity index (χ0) is 19.3. The topological polar surface area (TPSA) is 50.4 Å². The number of halogens is 1. The molecule has 2 aromatic rings. The lowest BCUT2D eigenvalue weighted by molar-refractivity contribution is 0.0601. The molecule has 0 aliphatic carbocycles. The zero-order valence-electron chi connectivity index (χ0n) is 15.4. The van der Waals surface area contributed by atoms with E-state index in [0.29, 0.717) is 21.4 Å². The zero-order valence-corrected chi connectivity index (χ0v) is 16.9. The van der Waals surface area contributed by atoms with Crippen LogP contribution in [-0.4, -0.2) is 18.2 Å². The first-order valence-electron chi connectivity index (χ1n) is 8.38. The first-order chi connectivity index (χ1) is 12.3. The van der Waals surface area contributed by atoms with Gasteiger partial charge in [0.05, 0.1) is 23.7 Å². The van der Waals surface area contributed by atoms with Crippen molar-refractivity contribution in [2.45, 2.75) is 33.2 Å². The van der Waals surface area contributed by atoms with E-state index >= 15 is 0 Å². The van der Waals surface area contributed by atoms with Gasteiger partial charge < -0.3 is 15.4 Å². The van der Waals surface area contributed by atoms with Crippen LogP contribution in [-0.2, 0) is 4.74 Å². The summed E-state index contributed by atoms with van der Waals surface area (Å²) in [5, 5.41) is 7.27. The van der Waals surface area contributed by atoms with Crippen molar-refractivity contribution in [2.24, 2.45) is 0 Å². The van der Waals surface area contributed by atoms with E-state index in [4.69, 9.17) is 28.6 Å². The van der Waals surface area contributed by atoms with Crippen molar-refractivity contribution < 1.29 is 9.53 Å². The smallest absolute Gasteiger partial charge is 0.339 e. The quantitative estimate of drug-likeness (QED) is 0.544. The molecule has 4 nitrogen and oxygen atoms in total. The van der Waals surface area contributed by atoms with Crippen LogP contribution >= 0.6 is 23.8 Å². The van der Waals surface area contributed by atoms with Gasteiger partial charge in [0.2, 0.25) is 0 Å². The number of aryl methyl sites for hydroxylation is 2. The van der Waals surface area contributed by atoms with Crippen LogP contribution in [0.15, 0.2) is 36.4 Å². The summed E-state index contributed by atoms with van der Waals surface area (Å²) in [6, 6.07) is 11.5. The van der Waals surface area contributed by atoms with Crippen molar-refractivity contribution in [1.82, 2.24) is 5.32 Å². The monoisotopic (exact) mass is 390 g/mol. The predicted octanol–water partition coefficient (Wildman–Crippen LogP) is 5.18. The van der Waals surface area contributed by atoms with Gasteiger partial charge in [0.15, 0.2) is 5.11 Å². The van der Waals surface area contributed by atoms with E-state index in [1.165, 1.54) is 23.8 Å². The molecule has 0 aliphatic heterocycles. The second kappa shape index (κ2) is 9.01. The Kier molecular flexibility index (Phi) is 7.00. The van der Waals surface area contributed by atoms with Gasteiger partial charge in [-0.1, -0.05) is 42.3 Å². The molecule has 2 N–H and O–H groups in total. The number of ether oxygens (including phenoxy) is 1. The van der Waals surface area contributed by atoms with Gasteiger partial charge in [-0.2, -0.15) is 0 Å². The van der Waals surface area contributed by atoms with E-state index in [9.17, 15) is 4.79 Å². The van der Waals surface area contributed by atoms with E-state index < -0.39 is 5.97 Å². The van der Waals surface area contributed by atoms with E-state index in [0.717, 1.165) is 6.42 Å². The number of nitrogens with one attached hydrogen (secondary N) is 2. The number of methoxy groups -OCH3 is 1. The molecule has 1 atom stereocenters. The van der Waals surface area contributed by atoms with Crippen LogP contribution in [0.5, 0.6) is 0 Å². The standard InChI is InChI=1S/C20H23ClN2O2S/c1-5-18(15-8-6-12(2)10-13(15)3)23-20(26)22-14-7-9-17(21)16(11-14)19(24)25-4/h6-11,18H,5H2,1-4H3,(H2,22,23,26)/t18-/m1/s1. The molecule has 6 heteroatoms. The normalized spacial score (nSPS) is 11.6. The van der Waals surface area contributed by atoms with Crippen molar-refractivity contribution in [3.8, 4) is 0 Å². The Balaban J connectivity index is 2.13. The lowest BCUT2D eigenvalue weighted by Gasteiger charge is -2.22. The number of benzene rings is 2. The highest BCUT2D eigenvalue weighted by Crippen LogP contribution is 2.23. The number of thiocarbonyl (C=S) groups is 1. The molecule has 138 valence electrons. The number of hydrogen-bond donors (Lipinski definition) is 2. The fourth-order valence-corrected chi connectivity index (χ4v) is 3.27. The maximum atomic E-state index is 11.8. The fraction of sp³-hybridized carbons (Fsp3) is 0.300. The third-order valence-corrected chi connectivity index (χ3v) is 4.69. The summed E-state index contributed by atoms with van der Waals surface area (Å²) in [4.78, 5) is 11.8. The van der Waals surface area contributed by atoms with Gasteiger partial charge in [-0.3, -0.25) is 0 Å². The molecule has 0 fully saturated rings. The Morgan fingerprint density at radius 3 is 2.58 bits per heavy atom. The molecule has 0 bridgehead atoms. The Labute approximate surface area is 164 Å². The molecule has 26 heavy (non-hydrogen) atoms. The van der Waals surface area contributed by atoms with Gasteiger partial charge in [0, 0.05) is 5.69 Å². The van der Waals surface area contributed by atoms with Crippen LogP contribution < -0.4 is 10.6 Å². The maximum absolute atomic E-state index is 11.8. The van der Waals surface area contributed by atoms with Gasteiger partial charge in [0.25, 0.3) is 0 Å². The Morgan fingerprint density at radius 1 is 1.23 bits per heavy atom. The van der Waals surface area contributed by atoms with Crippen LogP contribution in [0.1, 0.15) is 46.4 Å². The highest BCUT2D eigenvalue weighted by atomic mass is 35.5. The Bertz CT molecular complexity index is 823. The average molecular weight is 391 g/mol. The second-order valence-corrected chi connectivity index (χ2v) is 6.92. The summed E-state index contributed by atoms with van der Waals surface area (Å²) in [5.41, 5.74) is 4.64. The molecule has 0 amide bonds. The molecule has 0 spiro atoms. The average Bonchev–Trinajstić information content (AvgIpc) is 2.61. The fourth-order valence-electron chi connectivity index (χ4n) is 2.81. The molecule has 2 rings (SSSR count). The van der Waals surface area contributed by atoms with E-state index in [2.05, 4.69) is 49.6 Å². The molecular weight excluding hydrogens is 368 g/mol. The number of carbonyl (C=O) groups is 1. The van der Waals surface area contributed by atoms with Gasteiger partial charge in [-0.25, -0.2) is 4.79 Å². The van der Waals surface area contributed by atoms with Gasteiger partial charge >= 0.3 is 5.97 Å². The van der Waals surface area contributed by atoms with Crippen LogP contribution in [0.4, 0.5) is 5.69 Å². The minimum Gasteiger partial charge on any atom is -0.465 e. The number of esters is 1. The Hall–Kier alpha value is -2.11. The third kappa shape index (κ3) is 4.96. The molecule has 0 unspecified atom stereocenters. The molecule has 0 aliphatic rings. The van der Waals surface area contributed by atoms with Gasteiger partial charge in [-0.15, -0.1) is 0 Å². The first-order valence-corrected chi connectivity index (χ1v) is 9.16. The molecule has 0 radical (unpaired) electrons. The van der Waals surface area contributed by atoms with Crippen molar-refractivity contribution in [1.29, 1.82) is 0 Å². The SMILES string of the molecule is CC[C@@H](NC(=S)Nc1ccc(Cl)c(C(=O)OC)c1)c1ccc(C)cc1C. The minimum absolute atomic E-state index is 0.1000. The maximum Gasteiger partial charge on any atom is 0.339 e. The lowest BCUT2D eigenvalue weighted by atomic mass is 9.98. The lowest BCUT2D eigenvalue weighted by Crippen LogP contribution is -2.32. The molecule has 0 saturated heterocycles. The number of rotatable bonds is 5. The van der Waals surface area contributed by atoms with Gasteiger partial charge in [-0.05, 0) is 61.8 Å². The van der Waals surface area contributed by atoms with Crippen molar-refractivity contribution in [3.63, 3.8) is 0 Å². The van der Waals surface area contributed by atoms with Gasteiger partial charge in [0.1, 0.15) is 0 Å². The molecular formula is C20H23ClN2O2S. The van der Waals surface area contributed by atoms with Crippen LogP contribution in [0.3, 0.4) is 0 Å². The van der Waals surface area contributed by atoms with E-state index in [1.807, 2.05) is 0 Å². The predicted molar refractivity (Wildman–Crippen MR) is 111 cm³/mol. The number of carbonyl (C=O) groups excluding carboxylic acids is 1. The van der Waals surface area contributed by atoms with Crippen LogP contribution in [0, 0.1) is 13.8 Å². The molecule has 0 heterocycles. The summed E-state index contributed by atoms with van der Waals surface area (Å²) in [6.45, 7) is 6.29. The highest BCUT2D eigenvalue weighted by Gasteiger charge is 2.15. The minimum atomic E-state index is -0.487. The number of anilines is 1. The van der Waals surface area contributed by atoms with Crippen molar-refractivity contribution in [3.05, 3.63) is 63.7 Å². The van der Waals surface area contributed by atoms with Crippen LogP contribution in [0.25, 0.3) is 0 Å². The van der Waals surface area contributed by atoms with Crippen LogP contribution in [0.2, 0.25) is 5.02 Å². The summed E-state index contributed by atoms with van der Waals surface area (Å²) >= 11 is 11.5. The summed E-state index contributed by atoms with van der Waals surface area (Å²) in [6.07, 6.45) is 0.889. The van der Waals surface area contributed by atoms with Crippen molar-refractivity contribution in [2.75, 3.05) is 12.4 Å². The van der Waals surface area contributed by atoms with Crippen molar-refractivity contribution >= 4 is 40.6 Å². The molecule has 2 aromatic carbocycles. The summed E-state index contributed by atoms with van der Waals surface area (Å²) < 4.78 is 4.74. The largest absolute Gasteiger partial charge is 0.465 e. The molecule has 0 saturated carbocycles. The Morgan fingerprint density at radius 2 is 1.96 bits per heavy atom. The summed E-state index contributed by atoms with van der Waals surface area (Å²) in [5.74, 6) is -0.487. The number of hydrogen-bond acceptors (Lipinski definition) is 3. The second-order valence-electron chi connectivity index (χ2n) is 6.11. The molecule has 0 aromatic heterocycles.